The van der Waals surface area contributed by atoms with Gasteiger partial charge in [-0.15, -0.1) is 0 Å². The zero-order chi connectivity index (χ0) is 10.7. The van der Waals surface area contributed by atoms with Crippen LogP contribution in [0.15, 0.2) is 41.6 Å². The highest BCUT2D eigenvalue weighted by atomic mass is 16.4. The maximum atomic E-state index is 8.67. The van der Waals surface area contributed by atoms with Crippen LogP contribution in [0.4, 0.5) is 0 Å². The zero-order valence-electron chi connectivity index (χ0n) is 7.75. The van der Waals surface area contributed by atoms with E-state index in [0.717, 1.165) is 10.9 Å². The van der Waals surface area contributed by atoms with Gasteiger partial charge in [-0.3, -0.25) is 0 Å². The first-order valence-electron chi connectivity index (χ1n) is 4.33. The molecule has 0 bridgehead atoms. The summed E-state index contributed by atoms with van der Waals surface area (Å²) in [6.07, 6.45) is 0. The Morgan fingerprint density at radius 2 is 2.07 bits per heavy atom. The smallest absolute Gasteiger partial charge is 0.205 e. The minimum Gasteiger partial charge on any atom is -0.410 e. The molecule has 2 rings (SSSR count). The van der Waals surface area contributed by atoms with Crippen LogP contribution in [0.3, 0.4) is 0 Å². The lowest BCUT2D eigenvalue weighted by atomic mass is 10.2. The topological polar surface area (TPSA) is 69.3 Å². The number of benzene rings is 1. The van der Waals surface area contributed by atoms with Gasteiger partial charge in [0.25, 0.3) is 0 Å². The van der Waals surface area contributed by atoms with Crippen molar-refractivity contribution in [2.45, 2.75) is 0 Å². The fraction of sp³-hybridized carbons (Fsp3) is 0. The van der Waals surface area contributed by atoms with Gasteiger partial charge in [-0.05, 0) is 12.1 Å². The summed E-state index contributed by atoms with van der Waals surface area (Å²) in [5, 5.41) is 21.1. The molecule has 0 fully saturated rings. The van der Waals surface area contributed by atoms with Crippen LogP contribution in [0.2, 0.25) is 0 Å². The number of rotatable bonds is 1. The third-order valence-electron chi connectivity index (χ3n) is 2.05. The van der Waals surface area contributed by atoms with Crippen molar-refractivity contribution < 1.29 is 5.21 Å². The Labute approximate surface area is 86.1 Å². The van der Waals surface area contributed by atoms with Crippen molar-refractivity contribution in [1.29, 1.82) is 5.26 Å². The Morgan fingerprint density at radius 1 is 1.27 bits per heavy atom. The van der Waals surface area contributed by atoms with E-state index in [2.05, 4.69) is 10.1 Å². The number of nitriles is 1. The maximum Gasteiger partial charge on any atom is 0.205 e. The van der Waals surface area contributed by atoms with Gasteiger partial charge in [0, 0.05) is 5.39 Å². The molecule has 0 aliphatic carbocycles. The number of oxime groups is 1. The van der Waals surface area contributed by atoms with Crippen LogP contribution < -0.4 is 0 Å². The van der Waals surface area contributed by atoms with Gasteiger partial charge >= 0.3 is 0 Å². The molecule has 2 aromatic rings. The quantitative estimate of drug-likeness (QED) is 0.431. The molecule has 4 nitrogen and oxygen atoms in total. The van der Waals surface area contributed by atoms with Crippen LogP contribution in [-0.4, -0.2) is 15.9 Å². The molecular weight excluding hydrogens is 190 g/mol. The van der Waals surface area contributed by atoms with Crippen molar-refractivity contribution in [2.75, 3.05) is 0 Å². The third-order valence-corrected chi connectivity index (χ3v) is 2.05. The van der Waals surface area contributed by atoms with E-state index in [1.54, 1.807) is 12.1 Å². The molecule has 0 atom stereocenters. The minimum atomic E-state index is -0.0826. The molecule has 0 aliphatic heterocycles. The number of pyridine rings is 1. The molecule has 0 aliphatic rings. The Morgan fingerprint density at radius 3 is 2.80 bits per heavy atom. The van der Waals surface area contributed by atoms with E-state index in [1.165, 1.54) is 0 Å². The van der Waals surface area contributed by atoms with Crippen LogP contribution >= 0.6 is 0 Å². The normalized spacial score (nSPS) is 11.3. The largest absolute Gasteiger partial charge is 0.410 e. The van der Waals surface area contributed by atoms with Crippen LogP contribution in [0.25, 0.3) is 10.9 Å². The van der Waals surface area contributed by atoms with Crippen molar-refractivity contribution >= 4 is 16.6 Å². The maximum absolute atomic E-state index is 8.67. The summed E-state index contributed by atoms with van der Waals surface area (Å²) in [6.45, 7) is 0. The van der Waals surface area contributed by atoms with Gasteiger partial charge in [0.1, 0.15) is 11.8 Å². The number of hydrogen-bond donors (Lipinski definition) is 1. The Kier molecular flexibility index (Phi) is 2.30. The first-order valence-corrected chi connectivity index (χ1v) is 4.33. The summed E-state index contributed by atoms with van der Waals surface area (Å²) >= 11 is 0. The van der Waals surface area contributed by atoms with Crippen LogP contribution in [0, 0.1) is 11.3 Å². The molecule has 1 heterocycles. The Bertz CT molecular complexity index is 569. The lowest BCUT2D eigenvalue weighted by molar-refractivity contribution is 0.320. The summed E-state index contributed by atoms with van der Waals surface area (Å²) in [4.78, 5) is 4.20. The molecule has 0 unspecified atom stereocenters. The standard InChI is InChI=1S/C11H7N3O/c12-7-11(14-15)10-6-5-8-3-1-2-4-9(8)13-10/h1-6,15H/b14-11-. The number of para-hydroxylation sites is 1. The van der Waals surface area contributed by atoms with E-state index in [9.17, 15) is 0 Å². The molecule has 1 aromatic heterocycles. The van der Waals surface area contributed by atoms with E-state index < -0.39 is 0 Å². The van der Waals surface area contributed by atoms with Crippen molar-refractivity contribution in [1.82, 2.24) is 4.98 Å². The predicted octanol–water partition coefficient (Wildman–Crippen LogP) is 1.94. The summed E-state index contributed by atoms with van der Waals surface area (Å²) in [6, 6.07) is 12.8. The molecular formula is C11H7N3O. The molecule has 0 saturated heterocycles. The van der Waals surface area contributed by atoms with Crippen molar-refractivity contribution in [3.63, 3.8) is 0 Å². The highest BCUT2D eigenvalue weighted by Crippen LogP contribution is 2.11. The predicted molar refractivity (Wildman–Crippen MR) is 55.7 cm³/mol. The summed E-state index contributed by atoms with van der Waals surface area (Å²) < 4.78 is 0. The first kappa shape index (κ1) is 9.16. The van der Waals surface area contributed by atoms with Crippen molar-refractivity contribution in [2.24, 2.45) is 5.16 Å². The van der Waals surface area contributed by atoms with Crippen molar-refractivity contribution in [3.05, 3.63) is 42.1 Å². The van der Waals surface area contributed by atoms with Crippen LogP contribution in [-0.2, 0) is 0 Å². The van der Waals surface area contributed by atoms with Gasteiger partial charge in [0.15, 0.2) is 0 Å². The molecule has 1 N–H and O–H groups in total. The van der Waals surface area contributed by atoms with Gasteiger partial charge in [0.2, 0.25) is 5.71 Å². The van der Waals surface area contributed by atoms with E-state index in [1.807, 2.05) is 30.3 Å². The van der Waals surface area contributed by atoms with Gasteiger partial charge < -0.3 is 5.21 Å². The second-order valence-electron chi connectivity index (χ2n) is 2.95. The van der Waals surface area contributed by atoms with E-state index in [-0.39, 0.29) is 5.71 Å². The average Bonchev–Trinajstić information content (AvgIpc) is 2.30. The van der Waals surface area contributed by atoms with Gasteiger partial charge in [-0.1, -0.05) is 29.4 Å². The first-order chi connectivity index (χ1) is 7.35. The Hall–Kier alpha value is -2.41. The summed E-state index contributed by atoms with van der Waals surface area (Å²) in [5.74, 6) is 0. The number of nitrogens with zero attached hydrogens (tertiary/aromatic N) is 3. The summed E-state index contributed by atoms with van der Waals surface area (Å²) in [5.41, 5.74) is 1.06. The monoisotopic (exact) mass is 197 g/mol. The van der Waals surface area contributed by atoms with Gasteiger partial charge in [0.05, 0.1) is 5.52 Å². The van der Waals surface area contributed by atoms with E-state index in [0.29, 0.717) is 5.69 Å². The molecule has 15 heavy (non-hydrogen) atoms. The SMILES string of the molecule is N#C/C(=N/O)c1ccc2ccccc2n1. The lowest BCUT2D eigenvalue weighted by Gasteiger charge is -1.98. The fourth-order valence-electron chi connectivity index (χ4n) is 1.33. The molecule has 4 heteroatoms. The minimum absolute atomic E-state index is 0.0826. The molecule has 0 saturated carbocycles. The molecule has 0 amide bonds. The van der Waals surface area contributed by atoms with E-state index >= 15 is 0 Å². The second-order valence-corrected chi connectivity index (χ2v) is 2.95. The molecule has 0 spiro atoms. The lowest BCUT2D eigenvalue weighted by Crippen LogP contribution is -2.00. The van der Waals surface area contributed by atoms with E-state index in [4.69, 9.17) is 10.5 Å². The number of fused-ring (bicyclic) bond motifs is 1. The highest BCUT2D eigenvalue weighted by molar-refractivity contribution is 6.10. The van der Waals surface area contributed by atoms with Gasteiger partial charge in [-0.2, -0.15) is 5.26 Å². The second kappa shape index (κ2) is 3.76. The summed E-state index contributed by atoms with van der Waals surface area (Å²) in [7, 11) is 0. The third kappa shape index (κ3) is 1.63. The van der Waals surface area contributed by atoms with Gasteiger partial charge in [-0.25, -0.2) is 4.98 Å². The highest BCUT2D eigenvalue weighted by Gasteiger charge is 2.05. The molecule has 72 valence electrons. The Balaban J connectivity index is 2.62. The molecule has 1 aromatic carbocycles. The average molecular weight is 197 g/mol. The van der Waals surface area contributed by atoms with Crippen LogP contribution in [0.5, 0.6) is 0 Å². The fourth-order valence-corrected chi connectivity index (χ4v) is 1.33. The van der Waals surface area contributed by atoms with Crippen molar-refractivity contribution in [3.8, 4) is 6.07 Å². The number of aromatic nitrogens is 1. The van der Waals surface area contributed by atoms with Crippen LogP contribution in [0.1, 0.15) is 5.69 Å². The zero-order valence-corrected chi connectivity index (χ0v) is 7.75. The molecule has 0 radical (unpaired) electrons. The number of hydrogen-bond acceptors (Lipinski definition) is 4.